The Balaban J connectivity index is 2.12. The van der Waals surface area contributed by atoms with E-state index in [1.54, 1.807) is 11.4 Å². The second-order valence-corrected chi connectivity index (χ2v) is 3.76. The molecular formula is C10H10N4OS. The summed E-state index contributed by atoms with van der Waals surface area (Å²) < 4.78 is 3.63. The van der Waals surface area contributed by atoms with Gasteiger partial charge in [-0.3, -0.25) is 4.79 Å². The first-order chi connectivity index (χ1) is 7.79. The van der Waals surface area contributed by atoms with Crippen LogP contribution in [0.25, 0.3) is 0 Å². The monoisotopic (exact) mass is 234 g/mol. The molecule has 0 aliphatic heterocycles. The van der Waals surface area contributed by atoms with Crippen LogP contribution in [0.1, 0.15) is 16.1 Å². The smallest absolute Gasteiger partial charge is 0.277 e. The van der Waals surface area contributed by atoms with Crippen molar-refractivity contribution in [1.82, 2.24) is 9.59 Å². The number of anilines is 1. The molecule has 1 heterocycles. The number of nitrogens with one attached hydrogen (secondary N) is 1. The van der Waals surface area contributed by atoms with Gasteiger partial charge in [0.15, 0.2) is 5.69 Å². The Labute approximate surface area is 96.5 Å². The first kappa shape index (κ1) is 10.7. The maximum absolute atomic E-state index is 11.6. The molecule has 6 heteroatoms. The normalized spacial score (nSPS) is 10.1. The molecule has 0 bridgehead atoms. The van der Waals surface area contributed by atoms with E-state index in [-0.39, 0.29) is 5.91 Å². The predicted molar refractivity (Wildman–Crippen MR) is 62.2 cm³/mol. The van der Waals surface area contributed by atoms with E-state index in [9.17, 15) is 4.79 Å². The Morgan fingerprint density at radius 3 is 3.06 bits per heavy atom. The lowest BCUT2D eigenvalue weighted by molar-refractivity contribution is 0.102. The van der Waals surface area contributed by atoms with Crippen molar-refractivity contribution in [3.05, 3.63) is 40.9 Å². The van der Waals surface area contributed by atoms with Crippen LogP contribution in [0.4, 0.5) is 5.69 Å². The van der Waals surface area contributed by atoms with Crippen LogP contribution < -0.4 is 11.1 Å². The highest BCUT2D eigenvalue weighted by Crippen LogP contribution is 2.11. The SMILES string of the molecule is NCc1cccc(NC(=O)c2csnn2)c1. The van der Waals surface area contributed by atoms with Crippen molar-refractivity contribution in [3.63, 3.8) is 0 Å². The van der Waals surface area contributed by atoms with Crippen LogP contribution in [0.3, 0.4) is 0 Å². The van der Waals surface area contributed by atoms with Gasteiger partial charge in [-0.1, -0.05) is 16.6 Å². The van der Waals surface area contributed by atoms with Gasteiger partial charge in [0.2, 0.25) is 0 Å². The zero-order chi connectivity index (χ0) is 11.4. The number of carbonyl (C=O) groups excluding carboxylic acids is 1. The summed E-state index contributed by atoms with van der Waals surface area (Å²) in [4.78, 5) is 11.6. The third-order valence-electron chi connectivity index (χ3n) is 2.01. The zero-order valence-corrected chi connectivity index (χ0v) is 9.20. The van der Waals surface area contributed by atoms with Crippen molar-refractivity contribution >= 4 is 23.1 Å². The largest absolute Gasteiger partial charge is 0.326 e. The maximum atomic E-state index is 11.6. The molecule has 0 radical (unpaired) electrons. The number of amides is 1. The summed E-state index contributed by atoms with van der Waals surface area (Å²) in [6, 6.07) is 7.38. The number of hydrogen-bond acceptors (Lipinski definition) is 5. The highest BCUT2D eigenvalue weighted by Gasteiger charge is 2.08. The van der Waals surface area contributed by atoms with E-state index < -0.39 is 0 Å². The molecule has 1 aromatic carbocycles. The topological polar surface area (TPSA) is 80.9 Å². The molecule has 0 unspecified atom stereocenters. The Hall–Kier alpha value is -1.79. The van der Waals surface area contributed by atoms with Gasteiger partial charge in [-0.05, 0) is 29.2 Å². The van der Waals surface area contributed by atoms with Crippen LogP contribution in [-0.2, 0) is 6.54 Å². The highest BCUT2D eigenvalue weighted by molar-refractivity contribution is 7.03. The fraction of sp³-hybridized carbons (Fsp3) is 0.100. The maximum Gasteiger partial charge on any atom is 0.277 e. The van der Waals surface area contributed by atoms with Crippen LogP contribution in [0.5, 0.6) is 0 Å². The summed E-state index contributed by atoms with van der Waals surface area (Å²) in [5.41, 5.74) is 7.51. The molecule has 0 atom stereocenters. The minimum absolute atomic E-state index is 0.261. The Kier molecular flexibility index (Phi) is 3.23. The molecule has 0 saturated heterocycles. The highest BCUT2D eigenvalue weighted by atomic mass is 32.1. The van der Waals surface area contributed by atoms with E-state index in [0.717, 1.165) is 17.1 Å². The number of nitrogens with zero attached hydrogens (tertiary/aromatic N) is 2. The molecule has 0 fully saturated rings. The first-order valence-corrected chi connectivity index (χ1v) is 5.50. The molecular weight excluding hydrogens is 224 g/mol. The van der Waals surface area contributed by atoms with Gasteiger partial charge in [0, 0.05) is 17.6 Å². The first-order valence-electron chi connectivity index (χ1n) is 4.67. The van der Waals surface area contributed by atoms with Gasteiger partial charge in [0.05, 0.1) is 0 Å². The summed E-state index contributed by atoms with van der Waals surface area (Å²) in [7, 11) is 0. The second-order valence-electron chi connectivity index (χ2n) is 3.15. The van der Waals surface area contributed by atoms with Crippen molar-refractivity contribution in [2.75, 3.05) is 5.32 Å². The lowest BCUT2D eigenvalue weighted by atomic mass is 10.2. The number of benzene rings is 1. The number of rotatable bonds is 3. The van der Waals surface area contributed by atoms with Crippen LogP contribution in [0.15, 0.2) is 29.6 Å². The van der Waals surface area contributed by atoms with Crippen molar-refractivity contribution < 1.29 is 4.79 Å². The van der Waals surface area contributed by atoms with E-state index in [1.807, 2.05) is 18.2 Å². The molecule has 5 nitrogen and oxygen atoms in total. The summed E-state index contributed by atoms with van der Waals surface area (Å²) in [5, 5.41) is 8.01. The standard InChI is InChI=1S/C10H10N4OS/c11-5-7-2-1-3-8(4-7)12-10(15)9-6-16-14-13-9/h1-4,6H,5,11H2,(H,12,15). The third kappa shape index (κ3) is 2.41. The quantitative estimate of drug-likeness (QED) is 0.837. The molecule has 1 aromatic heterocycles. The van der Waals surface area contributed by atoms with E-state index in [1.165, 1.54) is 0 Å². The fourth-order valence-corrected chi connectivity index (χ4v) is 1.67. The van der Waals surface area contributed by atoms with Gasteiger partial charge >= 0.3 is 0 Å². The molecule has 0 spiro atoms. The number of carbonyl (C=O) groups is 1. The average Bonchev–Trinajstić information content (AvgIpc) is 2.83. The molecule has 1 amide bonds. The summed E-state index contributed by atoms with van der Waals surface area (Å²) in [6.07, 6.45) is 0. The van der Waals surface area contributed by atoms with E-state index >= 15 is 0 Å². The minimum atomic E-state index is -0.261. The Morgan fingerprint density at radius 2 is 2.38 bits per heavy atom. The Bertz CT molecular complexity index is 483. The minimum Gasteiger partial charge on any atom is -0.326 e. The van der Waals surface area contributed by atoms with Gasteiger partial charge in [0.25, 0.3) is 5.91 Å². The zero-order valence-electron chi connectivity index (χ0n) is 8.38. The van der Waals surface area contributed by atoms with Crippen LogP contribution >= 0.6 is 11.5 Å². The number of hydrogen-bond donors (Lipinski definition) is 2. The predicted octanol–water partition coefficient (Wildman–Crippen LogP) is 1.25. The van der Waals surface area contributed by atoms with Gasteiger partial charge in [-0.15, -0.1) is 5.10 Å². The number of nitrogens with two attached hydrogens (primary N) is 1. The van der Waals surface area contributed by atoms with Gasteiger partial charge < -0.3 is 11.1 Å². The van der Waals surface area contributed by atoms with Crippen molar-refractivity contribution in [1.29, 1.82) is 0 Å². The van der Waals surface area contributed by atoms with Gasteiger partial charge in [0.1, 0.15) is 0 Å². The molecule has 0 aliphatic rings. The van der Waals surface area contributed by atoms with Crippen LogP contribution in [0.2, 0.25) is 0 Å². The molecule has 3 N–H and O–H groups in total. The second kappa shape index (κ2) is 4.82. The molecule has 2 aromatic rings. The lowest BCUT2D eigenvalue weighted by Crippen LogP contribution is -2.12. The Morgan fingerprint density at radius 1 is 1.50 bits per heavy atom. The van der Waals surface area contributed by atoms with Crippen molar-refractivity contribution in [3.8, 4) is 0 Å². The van der Waals surface area contributed by atoms with Gasteiger partial charge in [-0.25, -0.2) is 0 Å². The lowest BCUT2D eigenvalue weighted by Gasteiger charge is -2.04. The molecule has 82 valence electrons. The van der Waals surface area contributed by atoms with Crippen molar-refractivity contribution in [2.24, 2.45) is 5.73 Å². The van der Waals surface area contributed by atoms with Gasteiger partial charge in [-0.2, -0.15) is 0 Å². The van der Waals surface area contributed by atoms with Crippen LogP contribution in [0, 0.1) is 0 Å². The summed E-state index contributed by atoms with van der Waals surface area (Å²) in [6.45, 7) is 0.446. The van der Waals surface area contributed by atoms with E-state index in [2.05, 4.69) is 14.9 Å². The molecule has 0 aliphatic carbocycles. The summed E-state index contributed by atoms with van der Waals surface area (Å²) >= 11 is 1.14. The van der Waals surface area contributed by atoms with Crippen LogP contribution in [-0.4, -0.2) is 15.5 Å². The molecule has 2 rings (SSSR count). The third-order valence-corrected chi connectivity index (χ3v) is 2.52. The average molecular weight is 234 g/mol. The van der Waals surface area contributed by atoms with Crippen molar-refractivity contribution in [2.45, 2.75) is 6.54 Å². The van der Waals surface area contributed by atoms with E-state index in [0.29, 0.717) is 17.9 Å². The fourth-order valence-electron chi connectivity index (χ4n) is 1.23. The molecule has 16 heavy (non-hydrogen) atoms. The van der Waals surface area contributed by atoms with E-state index in [4.69, 9.17) is 5.73 Å². The summed E-state index contributed by atoms with van der Waals surface area (Å²) in [5.74, 6) is -0.261. The molecule has 0 saturated carbocycles. The number of aromatic nitrogens is 2.